The molecule has 0 saturated heterocycles. The molecule has 128 valence electrons. The van der Waals surface area contributed by atoms with Gasteiger partial charge in [0.05, 0.1) is 34.0 Å². The zero-order valence-electron chi connectivity index (χ0n) is 13.8. The van der Waals surface area contributed by atoms with Gasteiger partial charge in [0, 0.05) is 5.69 Å². The van der Waals surface area contributed by atoms with Gasteiger partial charge in [-0.2, -0.15) is 5.10 Å². The summed E-state index contributed by atoms with van der Waals surface area (Å²) in [5.41, 5.74) is 3.34. The van der Waals surface area contributed by atoms with Crippen molar-refractivity contribution >= 4 is 34.8 Å². The summed E-state index contributed by atoms with van der Waals surface area (Å²) < 4.78 is 1.76. The van der Waals surface area contributed by atoms with Crippen molar-refractivity contribution in [3.63, 3.8) is 0 Å². The highest BCUT2D eigenvalue weighted by atomic mass is 35.5. The van der Waals surface area contributed by atoms with Crippen molar-refractivity contribution in [1.82, 2.24) is 14.8 Å². The summed E-state index contributed by atoms with van der Waals surface area (Å²) >= 11 is 11.8. The van der Waals surface area contributed by atoms with Crippen LogP contribution in [0.5, 0.6) is 0 Å². The number of rotatable bonds is 4. The molecule has 25 heavy (non-hydrogen) atoms. The van der Waals surface area contributed by atoms with E-state index in [2.05, 4.69) is 15.4 Å². The minimum Gasteiger partial charge on any atom is -0.324 e. The Balaban J connectivity index is 1.67. The zero-order valence-corrected chi connectivity index (χ0v) is 15.3. The molecule has 0 radical (unpaired) electrons. The number of hydrogen-bond acceptors (Lipinski definition) is 3. The highest BCUT2D eigenvalue weighted by molar-refractivity contribution is 6.42. The zero-order chi connectivity index (χ0) is 18.0. The maximum Gasteiger partial charge on any atom is 0.228 e. The number of amides is 1. The van der Waals surface area contributed by atoms with Gasteiger partial charge in [0.25, 0.3) is 0 Å². The third kappa shape index (κ3) is 4.18. The Morgan fingerprint density at radius 1 is 1.12 bits per heavy atom. The molecule has 2 aromatic heterocycles. The number of carbonyl (C=O) groups excluding carboxylic acids is 1. The van der Waals surface area contributed by atoms with E-state index >= 15 is 0 Å². The van der Waals surface area contributed by atoms with Gasteiger partial charge >= 0.3 is 0 Å². The van der Waals surface area contributed by atoms with Gasteiger partial charge in [-0.05, 0) is 49.7 Å². The van der Waals surface area contributed by atoms with Crippen LogP contribution in [0, 0.1) is 13.8 Å². The number of carbonyl (C=O) groups is 1. The topological polar surface area (TPSA) is 59.8 Å². The highest BCUT2D eigenvalue weighted by Crippen LogP contribution is 2.23. The largest absolute Gasteiger partial charge is 0.324 e. The molecule has 0 aliphatic heterocycles. The first-order chi connectivity index (χ1) is 11.9. The fourth-order valence-electron chi connectivity index (χ4n) is 2.49. The minimum atomic E-state index is -0.154. The van der Waals surface area contributed by atoms with Crippen molar-refractivity contribution in [2.75, 3.05) is 5.32 Å². The lowest BCUT2D eigenvalue weighted by atomic mass is 10.1. The van der Waals surface area contributed by atoms with Gasteiger partial charge in [0.2, 0.25) is 5.91 Å². The summed E-state index contributed by atoms with van der Waals surface area (Å²) in [6, 6.07) is 10.7. The Labute approximate surface area is 155 Å². The van der Waals surface area contributed by atoms with Crippen LogP contribution in [0.1, 0.15) is 17.0 Å². The van der Waals surface area contributed by atoms with Crippen LogP contribution in [0.15, 0.2) is 42.6 Å². The highest BCUT2D eigenvalue weighted by Gasteiger charge is 2.08. The summed E-state index contributed by atoms with van der Waals surface area (Å²) in [5, 5.41) is 8.10. The molecule has 3 rings (SSSR count). The summed E-state index contributed by atoms with van der Waals surface area (Å²) in [7, 11) is 0. The second-order valence-corrected chi connectivity index (χ2v) is 6.53. The first kappa shape index (κ1) is 17.5. The van der Waals surface area contributed by atoms with E-state index in [4.69, 9.17) is 23.2 Å². The van der Waals surface area contributed by atoms with Crippen molar-refractivity contribution in [3.05, 3.63) is 69.6 Å². The number of nitrogens with zero attached hydrogens (tertiary/aromatic N) is 3. The molecular formula is C18H16Cl2N4O. The van der Waals surface area contributed by atoms with E-state index in [-0.39, 0.29) is 12.3 Å². The van der Waals surface area contributed by atoms with E-state index < -0.39 is 0 Å². The number of aryl methyl sites for hydroxylation is 2. The second-order valence-electron chi connectivity index (χ2n) is 5.72. The van der Waals surface area contributed by atoms with Crippen molar-refractivity contribution in [2.45, 2.75) is 20.3 Å². The number of benzene rings is 1. The van der Waals surface area contributed by atoms with E-state index in [9.17, 15) is 4.79 Å². The fourth-order valence-corrected chi connectivity index (χ4v) is 2.81. The van der Waals surface area contributed by atoms with Crippen LogP contribution < -0.4 is 5.32 Å². The van der Waals surface area contributed by atoms with Gasteiger partial charge < -0.3 is 5.32 Å². The lowest BCUT2D eigenvalue weighted by Crippen LogP contribution is -2.14. The molecule has 5 nitrogen and oxygen atoms in total. The van der Waals surface area contributed by atoms with E-state index in [1.165, 1.54) is 0 Å². The molecule has 1 N–H and O–H groups in total. The molecule has 0 bridgehead atoms. The Morgan fingerprint density at radius 3 is 2.52 bits per heavy atom. The van der Waals surface area contributed by atoms with Crippen molar-refractivity contribution in [2.24, 2.45) is 0 Å². The molecule has 3 aromatic rings. The average Bonchev–Trinajstić information content (AvgIpc) is 2.90. The molecule has 2 heterocycles. The van der Waals surface area contributed by atoms with Gasteiger partial charge in [0.1, 0.15) is 0 Å². The van der Waals surface area contributed by atoms with Crippen LogP contribution in [0.3, 0.4) is 0 Å². The van der Waals surface area contributed by atoms with Gasteiger partial charge in [-0.25, -0.2) is 9.67 Å². The summed E-state index contributed by atoms with van der Waals surface area (Å²) in [6.45, 7) is 3.90. The van der Waals surface area contributed by atoms with E-state index in [1.54, 1.807) is 35.1 Å². The normalized spacial score (nSPS) is 10.7. The second kappa shape index (κ2) is 7.25. The summed E-state index contributed by atoms with van der Waals surface area (Å²) in [4.78, 5) is 16.5. The number of nitrogens with one attached hydrogen (secondary N) is 1. The first-order valence-corrected chi connectivity index (χ1v) is 8.41. The van der Waals surface area contributed by atoms with E-state index in [0.29, 0.717) is 21.6 Å². The Morgan fingerprint density at radius 2 is 1.92 bits per heavy atom. The van der Waals surface area contributed by atoms with Crippen molar-refractivity contribution in [1.29, 1.82) is 0 Å². The SMILES string of the molecule is Cc1cc(C)n(-c2ccc(NC(=O)Cc3ccc(Cl)c(Cl)c3)cn2)n1. The molecule has 0 aliphatic carbocycles. The van der Waals surface area contributed by atoms with Crippen LogP contribution in [-0.4, -0.2) is 20.7 Å². The molecule has 0 fully saturated rings. The van der Waals surface area contributed by atoms with Crippen LogP contribution >= 0.6 is 23.2 Å². The summed E-state index contributed by atoms with van der Waals surface area (Å²) in [6.07, 6.45) is 1.81. The van der Waals surface area contributed by atoms with Crippen LogP contribution in [0.4, 0.5) is 5.69 Å². The maximum atomic E-state index is 12.2. The lowest BCUT2D eigenvalue weighted by Gasteiger charge is -2.08. The Hall–Kier alpha value is -2.37. The number of aromatic nitrogens is 3. The van der Waals surface area contributed by atoms with E-state index in [0.717, 1.165) is 17.0 Å². The van der Waals surface area contributed by atoms with E-state index in [1.807, 2.05) is 26.0 Å². The Bertz CT molecular complexity index is 919. The molecule has 0 unspecified atom stereocenters. The first-order valence-electron chi connectivity index (χ1n) is 7.66. The van der Waals surface area contributed by atoms with Gasteiger partial charge in [-0.1, -0.05) is 29.3 Å². The molecule has 0 aliphatic rings. The third-order valence-corrected chi connectivity index (χ3v) is 4.35. The lowest BCUT2D eigenvalue weighted by molar-refractivity contribution is -0.115. The van der Waals surface area contributed by atoms with Crippen LogP contribution in [0.2, 0.25) is 10.0 Å². The number of pyridine rings is 1. The fraction of sp³-hybridized carbons (Fsp3) is 0.167. The molecule has 1 amide bonds. The molecule has 0 spiro atoms. The monoisotopic (exact) mass is 374 g/mol. The quantitative estimate of drug-likeness (QED) is 0.737. The maximum absolute atomic E-state index is 12.2. The predicted molar refractivity (Wildman–Crippen MR) is 99.6 cm³/mol. The van der Waals surface area contributed by atoms with Gasteiger partial charge in [-0.15, -0.1) is 0 Å². The van der Waals surface area contributed by atoms with Gasteiger partial charge in [-0.3, -0.25) is 4.79 Å². The number of hydrogen-bond donors (Lipinski definition) is 1. The van der Waals surface area contributed by atoms with Crippen molar-refractivity contribution < 1.29 is 4.79 Å². The average molecular weight is 375 g/mol. The third-order valence-electron chi connectivity index (χ3n) is 3.61. The molecule has 0 atom stereocenters. The van der Waals surface area contributed by atoms with Gasteiger partial charge in [0.15, 0.2) is 5.82 Å². The van der Waals surface area contributed by atoms with Crippen molar-refractivity contribution in [3.8, 4) is 5.82 Å². The smallest absolute Gasteiger partial charge is 0.228 e. The molecule has 7 heteroatoms. The number of anilines is 1. The number of halogens is 2. The van der Waals surface area contributed by atoms with Crippen LogP contribution in [-0.2, 0) is 11.2 Å². The Kier molecular flexibility index (Phi) is 5.06. The predicted octanol–water partition coefficient (Wildman–Crippen LogP) is 4.37. The minimum absolute atomic E-state index is 0.154. The standard InChI is InChI=1S/C18H16Cl2N4O/c1-11-7-12(2)24(23-11)17-6-4-14(10-21-17)22-18(25)9-13-3-5-15(19)16(20)8-13/h3-8,10H,9H2,1-2H3,(H,22,25). The van der Waals surface area contributed by atoms with Crippen LogP contribution in [0.25, 0.3) is 5.82 Å². The summed E-state index contributed by atoms with van der Waals surface area (Å²) in [5.74, 6) is 0.548. The molecule has 0 saturated carbocycles. The molecular weight excluding hydrogens is 359 g/mol. The molecule has 1 aromatic carbocycles.